The molecule has 0 bridgehead atoms. The molecule has 9 heteroatoms. The summed E-state index contributed by atoms with van der Waals surface area (Å²) in [6.07, 6.45) is 2.74. The lowest BCUT2D eigenvalue weighted by Gasteiger charge is -2.26. The molecule has 0 unspecified atom stereocenters. The number of anilines is 1. The van der Waals surface area contributed by atoms with Crippen molar-refractivity contribution in [1.82, 2.24) is 9.62 Å². The van der Waals surface area contributed by atoms with Crippen molar-refractivity contribution in [3.63, 3.8) is 0 Å². The number of sulfonamides is 1. The predicted molar refractivity (Wildman–Crippen MR) is 115 cm³/mol. The van der Waals surface area contributed by atoms with Crippen LogP contribution in [-0.4, -0.2) is 45.4 Å². The topological polar surface area (TPSA) is 87.7 Å². The molecule has 1 saturated heterocycles. The highest BCUT2D eigenvalue weighted by Gasteiger charge is 2.29. The summed E-state index contributed by atoms with van der Waals surface area (Å²) in [5, 5.41) is 7.94. The number of carbonyl (C=O) groups is 1. The van der Waals surface area contributed by atoms with Crippen LogP contribution >= 0.6 is 11.3 Å². The van der Waals surface area contributed by atoms with Crippen molar-refractivity contribution in [2.75, 3.05) is 32.1 Å². The van der Waals surface area contributed by atoms with Crippen LogP contribution in [0, 0.1) is 0 Å². The molecule has 2 N–H and O–H groups in total. The van der Waals surface area contributed by atoms with E-state index in [1.807, 2.05) is 24.4 Å². The van der Waals surface area contributed by atoms with E-state index in [2.05, 4.69) is 10.6 Å². The van der Waals surface area contributed by atoms with Gasteiger partial charge in [0.2, 0.25) is 15.9 Å². The third kappa shape index (κ3) is 5.36. The van der Waals surface area contributed by atoms with Crippen molar-refractivity contribution in [2.45, 2.75) is 37.1 Å². The number of ether oxygens (including phenoxy) is 1. The summed E-state index contributed by atoms with van der Waals surface area (Å²) in [5.41, 5.74) is 0.428. The molecule has 1 aromatic heterocycles. The van der Waals surface area contributed by atoms with Crippen molar-refractivity contribution >= 4 is 33.0 Å². The lowest BCUT2D eigenvalue weighted by Crippen LogP contribution is -2.35. The van der Waals surface area contributed by atoms with E-state index in [1.165, 1.54) is 17.5 Å². The number of benzene rings is 1. The Bertz CT molecular complexity index is 923. The van der Waals surface area contributed by atoms with Crippen LogP contribution in [0.25, 0.3) is 0 Å². The van der Waals surface area contributed by atoms with Crippen molar-refractivity contribution in [1.29, 1.82) is 0 Å². The van der Waals surface area contributed by atoms with E-state index in [-0.39, 0.29) is 29.1 Å². The number of hydrogen-bond acceptors (Lipinski definition) is 6. The first-order chi connectivity index (χ1) is 13.9. The van der Waals surface area contributed by atoms with Gasteiger partial charge in [0.1, 0.15) is 10.6 Å². The standard InChI is InChI=1S/C20H27N3O4S2/c1-15(18-7-6-12-28-18)21-14-20(24)22-16-8-9-17(27-2)19(13-16)29(25,26)23-10-4-3-5-11-23/h6-9,12-13,15,21H,3-5,10-11,14H2,1-2H3,(H,22,24)/t15-/m1/s1. The van der Waals surface area contributed by atoms with Gasteiger partial charge in [0, 0.05) is 29.7 Å². The van der Waals surface area contributed by atoms with Crippen molar-refractivity contribution < 1.29 is 17.9 Å². The van der Waals surface area contributed by atoms with Gasteiger partial charge < -0.3 is 15.4 Å². The molecule has 2 heterocycles. The van der Waals surface area contributed by atoms with E-state index in [1.54, 1.807) is 23.5 Å². The van der Waals surface area contributed by atoms with Gasteiger partial charge in [-0.25, -0.2) is 8.42 Å². The fourth-order valence-electron chi connectivity index (χ4n) is 3.29. The molecule has 29 heavy (non-hydrogen) atoms. The number of nitrogens with one attached hydrogen (secondary N) is 2. The number of thiophene rings is 1. The second kappa shape index (κ2) is 9.71. The molecule has 1 atom stereocenters. The lowest BCUT2D eigenvalue weighted by molar-refractivity contribution is -0.115. The number of carbonyl (C=O) groups excluding carboxylic acids is 1. The molecule has 0 radical (unpaired) electrons. The third-order valence-electron chi connectivity index (χ3n) is 4.92. The van der Waals surface area contributed by atoms with Crippen LogP contribution in [0.15, 0.2) is 40.6 Å². The van der Waals surface area contributed by atoms with E-state index < -0.39 is 10.0 Å². The quantitative estimate of drug-likeness (QED) is 0.662. The second-order valence-electron chi connectivity index (χ2n) is 7.00. The molecule has 1 fully saturated rings. The fourth-order valence-corrected chi connectivity index (χ4v) is 5.75. The Morgan fingerprint density at radius 3 is 2.66 bits per heavy atom. The zero-order valence-corrected chi connectivity index (χ0v) is 18.3. The molecule has 1 aliphatic heterocycles. The van der Waals surface area contributed by atoms with Crippen molar-refractivity contribution in [3.05, 3.63) is 40.6 Å². The van der Waals surface area contributed by atoms with Crippen LogP contribution in [0.5, 0.6) is 5.75 Å². The fraction of sp³-hybridized carbons (Fsp3) is 0.450. The van der Waals surface area contributed by atoms with E-state index in [0.29, 0.717) is 18.8 Å². The Hall–Kier alpha value is -1.94. The van der Waals surface area contributed by atoms with Crippen molar-refractivity contribution in [2.24, 2.45) is 0 Å². The molecule has 0 spiro atoms. The summed E-state index contributed by atoms with van der Waals surface area (Å²) in [6.45, 7) is 3.13. The first-order valence-corrected chi connectivity index (χ1v) is 12.0. The second-order valence-corrected chi connectivity index (χ2v) is 9.88. The van der Waals surface area contributed by atoms with Gasteiger partial charge in [0.15, 0.2) is 0 Å². The molecular formula is C20H27N3O4S2. The van der Waals surface area contributed by atoms with Gasteiger partial charge in [-0.1, -0.05) is 12.5 Å². The van der Waals surface area contributed by atoms with Gasteiger partial charge in [-0.15, -0.1) is 11.3 Å². The number of hydrogen-bond donors (Lipinski definition) is 2. The Morgan fingerprint density at radius 2 is 2.00 bits per heavy atom. The minimum absolute atomic E-state index is 0.0617. The summed E-state index contributed by atoms with van der Waals surface area (Å²) in [6, 6.07) is 8.75. The highest BCUT2D eigenvalue weighted by molar-refractivity contribution is 7.89. The SMILES string of the molecule is COc1ccc(NC(=O)CN[C@H](C)c2cccs2)cc1S(=O)(=O)N1CCCCC1. The highest BCUT2D eigenvalue weighted by atomic mass is 32.2. The van der Waals surface area contributed by atoms with E-state index in [0.717, 1.165) is 24.1 Å². The van der Waals surface area contributed by atoms with Crippen LogP contribution in [0.1, 0.15) is 37.1 Å². The molecular weight excluding hydrogens is 410 g/mol. The minimum atomic E-state index is -3.68. The van der Waals surface area contributed by atoms with Crippen LogP contribution < -0.4 is 15.4 Å². The number of methoxy groups -OCH3 is 1. The molecule has 1 aliphatic rings. The number of piperidine rings is 1. The smallest absolute Gasteiger partial charge is 0.246 e. The van der Waals surface area contributed by atoms with Crippen LogP contribution in [-0.2, 0) is 14.8 Å². The molecule has 0 aliphatic carbocycles. The molecule has 1 aromatic carbocycles. The summed E-state index contributed by atoms with van der Waals surface area (Å²) in [7, 11) is -2.23. The van der Waals surface area contributed by atoms with Crippen molar-refractivity contribution in [3.8, 4) is 5.75 Å². The van der Waals surface area contributed by atoms with Gasteiger partial charge in [-0.2, -0.15) is 4.31 Å². The molecule has 0 saturated carbocycles. The summed E-state index contributed by atoms with van der Waals surface area (Å²) in [4.78, 5) is 13.6. The lowest BCUT2D eigenvalue weighted by atomic mass is 10.2. The third-order valence-corrected chi connectivity index (χ3v) is 7.89. The summed E-state index contributed by atoms with van der Waals surface area (Å²) < 4.78 is 32.9. The molecule has 7 nitrogen and oxygen atoms in total. The first kappa shape index (κ1) is 21.8. The highest BCUT2D eigenvalue weighted by Crippen LogP contribution is 2.31. The van der Waals surface area contributed by atoms with Gasteiger partial charge >= 0.3 is 0 Å². The maximum atomic E-state index is 13.1. The van der Waals surface area contributed by atoms with E-state index in [9.17, 15) is 13.2 Å². The number of nitrogens with zero attached hydrogens (tertiary/aromatic N) is 1. The number of rotatable bonds is 8. The Balaban J connectivity index is 1.70. The van der Waals surface area contributed by atoms with E-state index in [4.69, 9.17) is 4.74 Å². The maximum absolute atomic E-state index is 13.1. The average molecular weight is 438 g/mol. The molecule has 158 valence electrons. The minimum Gasteiger partial charge on any atom is -0.495 e. The molecule has 2 aromatic rings. The maximum Gasteiger partial charge on any atom is 0.246 e. The molecule has 1 amide bonds. The largest absolute Gasteiger partial charge is 0.495 e. The normalized spacial score (nSPS) is 16.3. The predicted octanol–water partition coefficient (Wildman–Crippen LogP) is 3.22. The molecule has 3 rings (SSSR count). The van der Waals surface area contributed by atoms with Gasteiger partial charge in [0.05, 0.1) is 13.7 Å². The number of amides is 1. The van der Waals surface area contributed by atoms with Crippen LogP contribution in [0.3, 0.4) is 0 Å². The van der Waals surface area contributed by atoms with Crippen LogP contribution in [0.4, 0.5) is 5.69 Å². The monoisotopic (exact) mass is 437 g/mol. The zero-order valence-electron chi connectivity index (χ0n) is 16.7. The van der Waals surface area contributed by atoms with Gasteiger partial charge in [0.25, 0.3) is 0 Å². The summed E-state index contributed by atoms with van der Waals surface area (Å²) >= 11 is 1.63. The Morgan fingerprint density at radius 1 is 1.24 bits per heavy atom. The first-order valence-electron chi connectivity index (χ1n) is 9.66. The van der Waals surface area contributed by atoms with E-state index >= 15 is 0 Å². The van der Waals surface area contributed by atoms with Gasteiger partial charge in [-0.3, -0.25) is 4.79 Å². The van der Waals surface area contributed by atoms with Gasteiger partial charge in [-0.05, 0) is 49.4 Å². The summed E-state index contributed by atoms with van der Waals surface area (Å²) in [5.74, 6) is 0.0397. The van der Waals surface area contributed by atoms with Crippen LogP contribution in [0.2, 0.25) is 0 Å². The average Bonchev–Trinajstić information content (AvgIpc) is 3.27. The Kier molecular flexibility index (Phi) is 7.28. The zero-order chi connectivity index (χ0) is 20.9. The Labute approximate surface area is 176 Å².